The van der Waals surface area contributed by atoms with Gasteiger partial charge in [-0.2, -0.15) is 0 Å². The number of nitrogens with zero attached hydrogens (tertiary/aromatic N) is 1. The second kappa shape index (κ2) is 8.06. The molecule has 33 heavy (non-hydrogen) atoms. The van der Waals surface area contributed by atoms with Gasteiger partial charge >= 0.3 is 0 Å². The van der Waals surface area contributed by atoms with E-state index in [1.165, 1.54) is 4.90 Å². The number of imide groups is 1. The topological polar surface area (TPSA) is 49.4 Å². The third kappa shape index (κ3) is 3.60. The normalized spacial score (nSPS) is 13.8. The number of amides is 2. The molecule has 1 N–H and O–H groups in total. The highest BCUT2D eigenvalue weighted by atomic mass is 16.2. The molecule has 0 fully saturated rings. The van der Waals surface area contributed by atoms with Crippen LogP contribution in [0.3, 0.4) is 0 Å². The van der Waals surface area contributed by atoms with Crippen molar-refractivity contribution in [3.05, 3.63) is 113 Å². The Hall–Kier alpha value is -4.18. The highest BCUT2D eigenvalue weighted by Crippen LogP contribution is 2.37. The van der Waals surface area contributed by atoms with E-state index in [1.807, 2.05) is 106 Å². The summed E-state index contributed by atoms with van der Waals surface area (Å²) in [6.07, 6.45) is 0. The number of aryl methyl sites for hydroxylation is 3. The van der Waals surface area contributed by atoms with Gasteiger partial charge in [-0.3, -0.25) is 9.59 Å². The number of carbonyl (C=O) groups excluding carboxylic acids is 2. The van der Waals surface area contributed by atoms with Crippen molar-refractivity contribution in [2.45, 2.75) is 20.8 Å². The Morgan fingerprint density at radius 2 is 1.39 bits per heavy atom. The Bertz CT molecular complexity index is 1440. The minimum atomic E-state index is -0.354. The van der Waals surface area contributed by atoms with Crippen molar-refractivity contribution in [3.63, 3.8) is 0 Å². The lowest BCUT2D eigenvalue weighted by molar-refractivity contribution is -0.120. The number of hydrogen-bond acceptors (Lipinski definition) is 3. The molecule has 4 nitrogen and oxygen atoms in total. The maximum atomic E-state index is 13.8. The molecule has 4 aromatic carbocycles. The van der Waals surface area contributed by atoms with Gasteiger partial charge in [-0.1, -0.05) is 78.4 Å². The highest BCUT2D eigenvalue weighted by Gasteiger charge is 2.41. The average Bonchev–Trinajstić information content (AvgIpc) is 3.05. The fourth-order valence-electron chi connectivity index (χ4n) is 4.26. The molecule has 4 aromatic rings. The van der Waals surface area contributed by atoms with Gasteiger partial charge in [0.15, 0.2) is 0 Å². The maximum Gasteiger partial charge on any atom is 0.282 e. The Kier molecular flexibility index (Phi) is 5.06. The van der Waals surface area contributed by atoms with Crippen molar-refractivity contribution in [2.75, 3.05) is 10.2 Å². The van der Waals surface area contributed by atoms with Crippen LogP contribution < -0.4 is 10.2 Å². The SMILES string of the molecule is Cc1ccc(C2=C(Nc3cc(C)ccc3C)C(=O)N(c3cccc4ccccc34)C2=O)cc1. The first kappa shape index (κ1) is 20.7. The Morgan fingerprint density at radius 1 is 0.697 bits per heavy atom. The molecule has 1 aliphatic heterocycles. The van der Waals surface area contributed by atoms with Crippen molar-refractivity contribution < 1.29 is 9.59 Å². The summed E-state index contributed by atoms with van der Waals surface area (Å²) in [5.41, 5.74) is 5.96. The zero-order valence-electron chi connectivity index (χ0n) is 18.8. The summed E-state index contributed by atoms with van der Waals surface area (Å²) in [5, 5.41) is 5.14. The number of benzene rings is 4. The smallest absolute Gasteiger partial charge is 0.282 e. The van der Waals surface area contributed by atoms with Gasteiger partial charge in [0.25, 0.3) is 11.8 Å². The maximum absolute atomic E-state index is 13.8. The van der Waals surface area contributed by atoms with Crippen LogP contribution in [0.5, 0.6) is 0 Å². The van der Waals surface area contributed by atoms with Crippen LogP contribution in [0.15, 0.2) is 90.6 Å². The largest absolute Gasteiger partial charge is 0.350 e. The van der Waals surface area contributed by atoms with Gasteiger partial charge in [0.2, 0.25) is 0 Å². The molecule has 0 saturated carbocycles. The minimum Gasteiger partial charge on any atom is -0.350 e. The van der Waals surface area contributed by atoms with Crippen molar-refractivity contribution >= 4 is 39.5 Å². The van der Waals surface area contributed by atoms with E-state index in [0.717, 1.165) is 38.7 Å². The quantitative estimate of drug-likeness (QED) is 0.393. The molecule has 0 aromatic heterocycles. The molecule has 0 atom stereocenters. The molecule has 162 valence electrons. The van der Waals surface area contributed by atoms with Crippen LogP contribution in [0, 0.1) is 20.8 Å². The zero-order valence-corrected chi connectivity index (χ0v) is 18.8. The predicted molar refractivity (Wildman–Crippen MR) is 134 cm³/mol. The Labute approximate surface area is 193 Å². The average molecular weight is 433 g/mol. The summed E-state index contributed by atoms with van der Waals surface area (Å²) >= 11 is 0. The number of carbonyl (C=O) groups is 2. The molecule has 0 bridgehead atoms. The van der Waals surface area contributed by atoms with Crippen LogP contribution in [0.2, 0.25) is 0 Å². The van der Waals surface area contributed by atoms with Crippen LogP contribution in [-0.2, 0) is 9.59 Å². The fraction of sp³-hybridized carbons (Fsp3) is 0.103. The van der Waals surface area contributed by atoms with Gasteiger partial charge in [0.1, 0.15) is 5.70 Å². The second-order valence-electron chi connectivity index (χ2n) is 8.50. The van der Waals surface area contributed by atoms with E-state index in [-0.39, 0.29) is 11.8 Å². The van der Waals surface area contributed by atoms with Gasteiger partial charge in [-0.15, -0.1) is 0 Å². The van der Waals surface area contributed by atoms with E-state index in [0.29, 0.717) is 17.0 Å². The fourth-order valence-corrected chi connectivity index (χ4v) is 4.26. The molecule has 4 heteroatoms. The van der Waals surface area contributed by atoms with Crippen molar-refractivity contribution in [1.82, 2.24) is 0 Å². The van der Waals surface area contributed by atoms with Gasteiger partial charge in [0.05, 0.1) is 11.3 Å². The lowest BCUT2D eigenvalue weighted by Crippen LogP contribution is -2.32. The second-order valence-corrected chi connectivity index (χ2v) is 8.50. The Balaban J connectivity index is 1.68. The van der Waals surface area contributed by atoms with Gasteiger partial charge in [-0.05, 0) is 55.0 Å². The number of fused-ring (bicyclic) bond motifs is 1. The van der Waals surface area contributed by atoms with Crippen LogP contribution in [0.1, 0.15) is 22.3 Å². The van der Waals surface area contributed by atoms with E-state index in [1.54, 1.807) is 0 Å². The van der Waals surface area contributed by atoms with Gasteiger partial charge in [-0.25, -0.2) is 4.90 Å². The van der Waals surface area contributed by atoms with Crippen LogP contribution in [-0.4, -0.2) is 11.8 Å². The third-order valence-electron chi connectivity index (χ3n) is 6.08. The number of rotatable bonds is 4. The molecule has 0 spiro atoms. The Morgan fingerprint density at radius 3 is 2.18 bits per heavy atom. The van der Waals surface area contributed by atoms with Crippen LogP contribution in [0.4, 0.5) is 11.4 Å². The van der Waals surface area contributed by atoms with Crippen LogP contribution in [0.25, 0.3) is 16.3 Å². The van der Waals surface area contributed by atoms with Crippen molar-refractivity contribution in [1.29, 1.82) is 0 Å². The molecule has 5 rings (SSSR count). The zero-order chi connectivity index (χ0) is 23.1. The first-order chi connectivity index (χ1) is 15.9. The summed E-state index contributed by atoms with van der Waals surface area (Å²) in [4.78, 5) is 28.9. The molecule has 0 aliphatic carbocycles. The van der Waals surface area contributed by atoms with E-state index < -0.39 is 0 Å². The predicted octanol–water partition coefficient (Wildman–Crippen LogP) is 6.16. The summed E-state index contributed by atoms with van der Waals surface area (Å²) in [7, 11) is 0. The first-order valence-corrected chi connectivity index (χ1v) is 11.0. The van der Waals surface area contributed by atoms with Crippen molar-refractivity contribution in [3.8, 4) is 0 Å². The van der Waals surface area contributed by atoms with Gasteiger partial charge < -0.3 is 5.32 Å². The van der Waals surface area contributed by atoms with Crippen LogP contribution >= 0.6 is 0 Å². The lowest BCUT2D eigenvalue weighted by Gasteiger charge is -2.18. The van der Waals surface area contributed by atoms with Crippen molar-refractivity contribution in [2.24, 2.45) is 0 Å². The molecule has 1 aliphatic rings. The van der Waals surface area contributed by atoms with E-state index in [2.05, 4.69) is 5.32 Å². The number of nitrogens with one attached hydrogen (secondary N) is 1. The molecular formula is C29H24N2O2. The highest BCUT2D eigenvalue weighted by molar-refractivity contribution is 6.47. The minimum absolute atomic E-state index is 0.297. The number of hydrogen-bond donors (Lipinski definition) is 1. The molecule has 0 unspecified atom stereocenters. The summed E-state index contributed by atoms with van der Waals surface area (Å²) in [6.45, 7) is 5.99. The van der Waals surface area contributed by atoms with Gasteiger partial charge in [0, 0.05) is 11.1 Å². The molecule has 1 heterocycles. The lowest BCUT2D eigenvalue weighted by atomic mass is 10.0. The monoisotopic (exact) mass is 432 g/mol. The molecular weight excluding hydrogens is 408 g/mol. The molecule has 2 amide bonds. The molecule has 0 radical (unpaired) electrons. The van der Waals surface area contributed by atoms with E-state index >= 15 is 0 Å². The standard InChI is InChI=1S/C29H24N2O2/c1-18-12-15-22(16-13-18)26-27(30-24-17-19(2)11-14-20(24)3)29(33)31(28(26)32)25-10-6-8-21-7-4-5-9-23(21)25/h4-17,30H,1-3H3. The number of anilines is 2. The first-order valence-electron chi connectivity index (χ1n) is 11.0. The summed E-state index contributed by atoms with van der Waals surface area (Å²) < 4.78 is 0. The summed E-state index contributed by atoms with van der Waals surface area (Å²) in [5.74, 6) is -0.680. The third-order valence-corrected chi connectivity index (χ3v) is 6.08. The summed E-state index contributed by atoms with van der Waals surface area (Å²) in [6, 6.07) is 27.2. The van der Waals surface area contributed by atoms with E-state index in [9.17, 15) is 9.59 Å². The molecule has 0 saturated heterocycles. The van der Waals surface area contributed by atoms with E-state index in [4.69, 9.17) is 0 Å².